The topological polar surface area (TPSA) is 52.5 Å². The lowest BCUT2D eigenvalue weighted by Crippen LogP contribution is -2.57. The highest BCUT2D eigenvalue weighted by Crippen LogP contribution is 2.19. The van der Waals surface area contributed by atoms with Crippen LogP contribution in [-0.2, 0) is 0 Å². The summed E-state index contributed by atoms with van der Waals surface area (Å²) >= 11 is 0. The first-order valence-electron chi connectivity index (χ1n) is 3.75. The fourth-order valence-corrected chi connectivity index (χ4v) is 0.752. The maximum absolute atomic E-state index is 8.64. The maximum atomic E-state index is 8.64. The summed E-state index contributed by atoms with van der Waals surface area (Å²) in [5.74, 6) is 0. The van der Waals surface area contributed by atoms with E-state index in [0.29, 0.717) is 0 Å². The van der Waals surface area contributed by atoms with Gasteiger partial charge in [-0.2, -0.15) is 0 Å². The summed E-state index contributed by atoms with van der Waals surface area (Å²) in [6, 6.07) is 0. The molecule has 0 spiro atoms. The van der Waals surface area contributed by atoms with E-state index in [0.717, 1.165) is 13.1 Å². The third-order valence-corrected chi connectivity index (χ3v) is 1.67. The third-order valence-electron chi connectivity index (χ3n) is 1.67. The van der Waals surface area contributed by atoms with E-state index in [-0.39, 0.29) is 20.1 Å². The molecule has 3 N–H and O–H groups in total. The Morgan fingerprint density at radius 3 is 1.70 bits per heavy atom. The van der Waals surface area contributed by atoms with Gasteiger partial charge in [-0.25, -0.2) is 0 Å². The zero-order valence-corrected chi connectivity index (χ0v) is 6.72. The fourth-order valence-electron chi connectivity index (χ4n) is 0.752. The molecule has 1 rings (SSSR count). The monoisotopic (exact) mass is 149 g/mol. The minimum absolute atomic E-state index is 0. The highest BCUT2D eigenvalue weighted by molar-refractivity contribution is 4.90. The van der Waals surface area contributed by atoms with Crippen LogP contribution in [0, 0.1) is 5.41 Å². The molecule has 0 aromatic rings. The van der Waals surface area contributed by atoms with E-state index < -0.39 is 0 Å². The van der Waals surface area contributed by atoms with Gasteiger partial charge in [0.15, 0.2) is 0 Å². The minimum atomic E-state index is -0.194. The summed E-state index contributed by atoms with van der Waals surface area (Å²) in [6.07, 6.45) is 0. The van der Waals surface area contributed by atoms with Crippen molar-refractivity contribution in [2.75, 3.05) is 26.3 Å². The van der Waals surface area contributed by atoms with E-state index in [2.05, 4.69) is 5.32 Å². The summed E-state index contributed by atoms with van der Waals surface area (Å²) in [7, 11) is 0. The first-order chi connectivity index (χ1) is 4.83. The van der Waals surface area contributed by atoms with Crippen LogP contribution < -0.4 is 5.32 Å². The molecule has 1 saturated heterocycles. The summed E-state index contributed by atoms with van der Waals surface area (Å²) in [4.78, 5) is 0. The van der Waals surface area contributed by atoms with E-state index in [1.54, 1.807) is 0 Å². The van der Waals surface area contributed by atoms with E-state index in [9.17, 15) is 0 Å². The van der Waals surface area contributed by atoms with Crippen LogP contribution in [0.5, 0.6) is 0 Å². The highest BCUT2D eigenvalue weighted by atomic mass is 16.3. The van der Waals surface area contributed by atoms with Crippen molar-refractivity contribution in [3.05, 3.63) is 0 Å². The van der Waals surface area contributed by atoms with Crippen molar-refractivity contribution in [1.82, 2.24) is 5.32 Å². The van der Waals surface area contributed by atoms with E-state index in [1.165, 1.54) is 0 Å². The average Bonchev–Trinajstić information content (AvgIpc) is 1.93. The van der Waals surface area contributed by atoms with Gasteiger partial charge in [0.05, 0.1) is 13.2 Å². The lowest BCUT2D eigenvalue weighted by atomic mass is 9.84. The van der Waals surface area contributed by atoms with Crippen LogP contribution in [-0.4, -0.2) is 36.5 Å². The van der Waals surface area contributed by atoms with Gasteiger partial charge < -0.3 is 15.5 Å². The van der Waals surface area contributed by atoms with Crippen molar-refractivity contribution in [1.29, 1.82) is 0 Å². The quantitative estimate of drug-likeness (QED) is 0.511. The van der Waals surface area contributed by atoms with Crippen LogP contribution in [0.4, 0.5) is 0 Å². The van der Waals surface area contributed by atoms with Gasteiger partial charge in [0.25, 0.3) is 0 Å². The number of rotatable bonds is 2. The van der Waals surface area contributed by atoms with Gasteiger partial charge in [-0.05, 0) is 0 Å². The summed E-state index contributed by atoms with van der Waals surface area (Å²) in [5, 5.41) is 20.3. The average molecular weight is 149 g/mol. The first kappa shape index (κ1) is 9.88. The molecular weight excluding hydrogens is 130 g/mol. The van der Waals surface area contributed by atoms with Gasteiger partial charge in [0.2, 0.25) is 0 Å². The largest absolute Gasteiger partial charge is 0.396 e. The summed E-state index contributed by atoms with van der Waals surface area (Å²) < 4.78 is 0. The van der Waals surface area contributed by atoms with Crippen LogP contribution in [0.3, 0.4) is 0 Å². The zero-order valence-electron chi connectivity index (χ0n) is 6.72. The molecule has 10 heavy (non-hydrogen) atoms. The summed E-state index contributed by atoms with van der Waals surface area (Å²) in [6.45, 7) is 5.69. The van der Waals surface area contributed by atoms with Gasteiger partial charge in [-0.3, -0.25) is 0 Å². The normalized spacial score (nSPS) is 20.4. The van der Waals surface area contributed by atoms with Gasteiger partial charge in [-0.15, -0.1) is 0 Å². The molecule has 64 valence electrons. The van der Waals surface area contributed by atoms with E-state index in [4.69, 9.17) is 10.2 Å². The standard InChI is InChI=1S/C5H11NO2.C2H6.H2/c7-3-5(4-8)1-6-2-5;1-2;/h6-8H,1-4H2;1-2H3;1H. The molecule has 0 aromatic carbocycles. The number of aliphatic hydroxyl groups is 2. The van der Waals surface area contributed by atoms with Gasteiger partial charge in [0, 0.05) is 19.9 Å². The van der Waals surface area contributed by atoms with Crippen LogP contribution in [0.2, 0.25) is 0 Å². The minimum Gasteiger partial charge on any atom is -0.396 e. The Kier molecular flexibility index (Phi) is 4.60. The van der Waals surface area contributed by atoms with Crippen molar-refractivity contribution in [2.45, 2.75) is 13.8 Å². The molecule has 0 amide bonds. The number of hydrogen-bond acceptors (Lipinski definition) is 3. The van der Waals surface area contributed by atoms with Crippen LogP contribution >= 0.6 is 0 Å². The smallest absolute Gasteiger partial charge is 0.0533 e. The molecule has 0 saturated carbocycles. The molecule has 3 nitrogen and oxygen atoms in total. The van der Waals surface area contributed by atoms with Crippen molar-refractivity contribution in [2.24, 2.45) is 5.41 Å². The van der Waals surface area contributed by atoms with Gasteiger partial charge >= 0.3 is 0 Å². The molecule has 0 aliphatic carbocycles. The number of aliphatic hydroxyl groups excluding tert-OH is 2. The second kappa shape index (κ2) is 4.66. The number of hydrogen-bond donors (Lipinski definition) is 3. The molecular formula is C7H19NO2. The zero-order chi connectivity index (χ0) is 8.04. The van der Waals surface area contributed by atoms with Gasteiger partial charge in [-0.1, -0.05) is 13.8 Å². The Morgan fingerprint density at radius 1 is 1.30 bits per heavy atom. The Morgan fingerprint density at radius 2 is 1.70 bits per heavy atom. The Balaban J connectivity index is 0. The lowest BCUT2D eigenvalue weighted by Gasteiger charge is -2.39. The highest BCUT2D eigenvalue weighted by Gasteiger charge is 2.35. The van der Waals surface area contributed by atoms with Gasteiger partial charge in [0.1, 0.15) is 0 Å². The molecule has 0 atom stereocenters. The predicted octanol–water partition coefficient (Wildman–Crippen LogP) is -0.167. The van der Waals surface area contributed by atoms with Crippen molar-refractivity contribution in [3.63, 3.8) is 0 Å². The second-order valence-corrected chi connectivity index (χ2v) is 2.42. The molecule has 3 heteroatoms. The molecule has 1 aliphatic heterocycles. The maximum Gasteiger partial charge on any atom is 0.0533 e. The Labute approximate surface area is 63.6 Å². The fraction of sp³-hybridized carbons (Fsp3) is 1.00. The molecule has 0 radical (unpaired) electrons. The molecule has 0 aromatic heterocycles. The third kappa shape index (κ3) is 1.94. The Bertz CT molecular complexity index is 73.0. The predicted molar refractivity (Wildman–Crippen MR) is 42.9 cm³/mol. The van der Waals surface area contributed by atoms with Crippen molar-refractivity contribution >= 4 is 0 Å². The lowest BCUT2D eigenvalue weighted by molar-refractivity contribution is 0.0117. The van der Waals surface area contributed by atoms with Crippen molar-refractivity contribution in [3.8, 4) is 0 Å². The molecule has 1 fully saturated rings. The SMILES string of the molecule is CC.OCC1(CO)CNC1.[HH]. The van der Waals surface area contributed by atoms with E-state index >= 15 is 0 Å². The van der Waals surface area contributed by atoms with Crippen LogP contribution in [0.15, 0.2) is 0 Å². The Hall–Kier alpha value is -0.120. The van der Waals surface area contributed by atoms with Crippen LogP contribution in [0.25, 0.3) is 0 Å². The first-order valence-corrected chi connectivity index (χ1v) is 3.75. The molecule has 1 aliphatic rings. The van der Waals surface area contributed by atoms with E-state index in [1.807, 2.05) is 13.8 Å². The van der Waals surface area contributed by atoms with Crippen molar-refractivity contribution < 1.29 is 11.6 Å². The number of nitrogens with one attached hydrogen (secondary N) is 1. The second-order valence-electron chi connectivity index (χ2n) is 2.42. The summed E-state index contributed by atoms with van der Waals surface area (Å²) in [5.41, 5.74) is -0.194. The molecule has 1 heterocycles. The molecule has 0 unspecified atom stereocenters. The van der Waals surface area contributed by atoms with Crippen LogP contribution in [0.1, 0.15) is 15.3 Å². The molecule has 0 bridgehead atoms.